The maximum atomic E-state index is 15.2. The largest absolute Gasteiger partial charge is 0.307 e. The van der Waals surface area contributed by atoms with Gasteiger partial charge in [-0.3, -0.25) is 9.59 Å². The summed E-state index contributed by atoms with van der Waals surface area (Å²) in [6, 6.07) is 17.0. The second-order valence-electron chi connectivity index (χ2n) is 8.99. The zero-order chi connectivity index (χ0) is 27.6. The number of ketones is 1. The van der Waals surface area contributed by atoms with Gasteiger partial charge in [-0.25, -0.2) is 17.8 Å². The maximum absolute atomic E-state index is 15.2. The van der Waals surface area contributed by atoms with Crippen molar-refractivity contribution in [1.82, 2.24) is 4.98 Å². The molecule has 0 fully saturated rings. The number of nitrogens with one attached hydrogen (secondary N) is 1. The average Bonchev–Trinajstić information content (AvgIpc) is 2.86. The first-order chi connectivity index (χ1) is 17.9. The minimum atomic E-state index is -3.55. The van der Waals surface area contributed by atoms with Crippen LogP contribution in [0.1, 0.15) is 37.4 Å². The average molecular weight is 551 g/mol. The maximum Gasteiger partial charge on any atom is 0.257 e. The highest BCUT2D eigenvalue weighted by atomic mass is 35.5. The smallest absolute Gasteiger partial charge is 0.257 e. The summed E-state index contributed by atoms with van der Waals surface area (Å²) in [5.74, 6) is -1.46. The Labute approximate surface area is 225 Å². The first-order valence-corrected chi connectivity index (χ1v) is 13.9. The van der Waals surface area contributed by atoms with Gasteiger partial charge in [0, 0.05) is 30.0 Å². The van der Waals surface area contributed by atoms with E-state index in [0.29, 0.717) is 33.1 Å². The monoisotopic (exact) mass is 550 g/mol. The molecular formula is C29H24ClFN2O4S. The summed E-state index contributed by atoms with van der Waals surface area (Å²) < 4.78 is 39.5. The van der Waals surface area contributed by atoms with Crippen molar-refractivity contribution in [3.05, 3.63) is 112 Å². The van der Waals surface area contributed by atoms with Crippen LogP contribution in [-0.4, -0.2) is 31.3 Å². The topological polar surface area (TPSA) is 93.2 Å². The van der Waals surface area contributed by atoms with Gasteiger partial charge in [-0.1, -0.05) is 47.5 Å². The first-order valence-electron chi connectivity index (χ1n) is 11.6. The predicted octanol–water partition coefficient (Wildman–Crippen LogP) is 6.24. The van der Waals surface area contributed by atoms with Crippen molar-refractivity contribution in [2.24, 2.45) is 0 Å². The van der Waals surface area contributed by atoms with Gasteiger partial charge < -0.3 is 5.32 Å². The highest BCUT2D eigenvalue weighted by molar-refractivity contribution is 7.90. The Morgan fingerprint density at radius 1 is 0.974 bits per heavy atom. The number of hydrogen-bond acceptors (Lipinski definition) is 5. The molecule has 9 heteroatoms. The third-order valence-electron chi connectivity index (χ3n) is 6.04. The molecule has 4 rings (SSSR count). The molecule has 0 unspecified atom stereocenters. The lowest BCUT2D eigenvalue weighted by molar-refractivity contribution is 0.0988. The summed E-state index contributed by atoms with van der Waals surface area (Å²) in [6.45, 7) is 3.62. The Morgan fingerprint density at radius 3 is 2.37 bits per heavy atom. The molecule has 1 heterocycles. The third-order valence-corrected chi connectivity index (χ3v) is 7.41. The third kappa shape index (κ3) is 5.98. The van der Waals surface area contributed by atoms with Crippen molar-refractivity contribution in [2.45, 2.75) is 25.2 Å². The molecule has 1 amide bonds. The number of sulfone groups is 1. The quantitative estimate of drug-likeness (QED) is 0.275. The molecule has 3 aromatic carbocycles. The molecule has 194 valence electrons. The summed E-state index contributed by atoms with van der Waals surface area (Å²) in [4.78, 5) is 30.5. The molecule has 0 radical (unpaired) electrons. The summed E-state index contributed by atoms with van der Waals surface area (Å²) in [5, 5.41) is 3.13. The molecule has 38 heavy (non-hydrogen) atoms. The molecule has 0 aliphatic carbocycles. The van der Waals surface area contributed by atoms with Gasteiger partial charge in [0.05, 0.1) is 15.5 Å². The van der Waals surface area contributed by atoms with Crippen LogP contribution in [0.25, 0.3) is 11.1 Å². The van der Waals surface area contributed by atoms with Gasteiger partial charge in [0.25, 0.3) is 5.91 Å². The number of Topliss-reactive ketones (excluding diaryl/α,β-unsaturated/α-hetero) is 1. The Morgan fingerprint density at radius 2 is 1.71 bits per heavy atom. The SMILES string of the molecule is Cc1cc(C)c(CC(=O)c2ccc(-c3ccccc3S(C)(=O)=O)cc2F)c(C(=O)Nc2ccc(Cl)cn2)c1. The van der Waals surface area contributed by atoms with E-state index in [1.165, 1.54) is 24.4 Å². The molecule has 0 aliphatic rings. The number of aromatic nitrogens is 1. The summed E-state index contributed by atoms with van der Waals surface area (Å²) in [7, 11) is -3.55. The van der Waals surface area contributed by atoms with Crippen LogP contribution in [0.4, 0.5) is 10.2 Å². The summed E-state index contributed by atoms with van der Waals surface area (Å²) in [6.07, 6.45) is 2.28. The van der Waals surface area contributed by atoms with Crippen LogP contribution < -0.4 is 5.32 Å². The van der Waals surface area contributed by atoms with Crippen LogP contribution in [0.15, 0.2) is 77.8 Å². The van der Waals surface area contributed by atoms with Crippen LogP contribution in [0, 0.1) is 19.7 Å². The van der Waals surface area contributed by atoms with Crippen LogP contribution in [0.5, 0.6) is 0 Å². The Kier molecular flexibility index (Phi) is 7.76. The zero-order valence-electron chi connectivity index (χ0n) is 20.9. The minimum Gasteiger partial charge on any atom is -0.307 e. The number of anilines is 1. The number of aryl methyl sites for hydroxylation is 2. The van der Waals surface area contributed by atoms with E-state index in [-0.39, 0.29) is 22.4 Å². The van der Waals surface area contributed by atoms with Crippen molar-refractivity contribution in [1.29, 1.82) is 0 Å². The van der Waals surface area contributed by atoms with Crippen molar-refractivity contribution in [3.63, 3.8) is 0 Å². The molecule has 0 bridgehead atoms. The first kappa shape index (κ1) is 27.2. The number of benzene rings is 3. The van der Waals surface area contributed by atoms with E-state index >= 15 is 4.39 Å². The van der Waals surface area contributed by atoms with E-state index in [1.54, 1.807) is 43.3 Å². The van der Waals surface area contributed by atoms with Gasteiger partial charge in [0.1, 0.15) is 11.6 Å². The number of rotatable bonds is 7. The summed E-state index contributed by atoms with van der Waals surface area (Å²) >= 11 is 5.86. The second-order valence-corrected chi connectivity index (χ2v) is 11.4. The van der Waals surface area contributed by atoms with E-state index in [2.05, 4.69) is 10.3 Å². The molecule has 4 aromatic rings. The van der Waals surface area contributed by atoms with E-state index in [0.717, 1.165) is 17.9 Å². The van der Waals surface area contributed by atoms with Crippen molar-refractivity contribution < 1.29 is 22.4 Å². The van der Waals surface area contributed by atoms with E-state index in [9.17, 15) is 18.0 Å². The van der Waals surface area contributed by atoms with Gasteiger partial charge in [0.2, 0.25) is 0 Å². The lowest BCUT2D eigenvalue weighted by Gasteiger charge is -2.15. The number of halogens is 2. The van der Waals surface area contributed by atoms with Crippen molar-refractivity contribution in [3.8, 4) is 11.1 Å². The molecule has 6 nitrogen and oxygen atoms in total. The Hall–Kier alpha value is -3.88. The van der Waals surface area contributed by atoms with Crippen LogP contribution in [-0.2, 0) is 16.3 Å². The number of pyridine rings is 1. The van der Waals surface area contributed by atoms with Gasteiger partial charge in [-0.2, -0.15) is 0 Å². The van der Waals surface area contributed by atoms with Gasteiger partial charge in [-0.05, 0) is 66.9 Å². The normalized spacial score (nSPS) is 11.3. The lowest BCUT2D eigenvalue weighted by Crippen LogP contribution is -2.18. The van der Waals surface area contributed by atoms with E-state index < -0.39 is 27.3 Å². The number of carbonyl (C=O) groups is 2. The number of carbonyl (C=O) groups excluding carboxylic acids is 2. The Balaban J connectivity index is 1.65. The van der Waals surface area contributed by atoms with E-state index in [1.807, 2.05) is 13.0 Å². The Bertz CT molecular complexity index is 1670. The fourth-order valence-electron chi connectivity index (χ4n) is 4.26. The number of amides is 1. The molecule has 0 aliphatic heterocycles. The van der Waals surface area contributed by atoms with Gasteiger partial charge in [-0.15, -0.1) is 0 Å². The van der Waals surface area contributed by atoms with E-state index in [4.69, 9.17) is 11.6 Å². The fraction of sp³-hybridized carbons (Fsp3) is 0.138. The van der Waals surface area contributed by atoms with Crippen LogP contribution in [0.3, 0.4) is 0 Å². The molecular weight excluding hydrogens is 527 g/mol. The highest BCUT2D eigenvalue weighted by Crippen LogP contribution is 2.29. The lowest BCUT2D eigenvalue weighted by atomic mass is 9.92. The molecule has 0 saturated heterocycles. The van der Waals surface area contributed by atoms with Crippen molar-refractivity contribution >= 4 is 38.9 Å². The molecule has 0 saturated carbocycles. The summed E-state index contributed by atoms with van der Waals surface area (Å²) in [5.41, 5.74) is 2.82. The molecule has 1 N–H and O–H groups in total. The molecule has 0 atom stereocenters. The highest BCUT2D eigenvalue weighted by Gasteiger charge is 2.21. The van der Waals surface area contributed by atoms with Gasteiger partial charge in [0.15, 0.2) is 15.6 Å². The predicted molar refractivity (Wildman–Crippen MR) is 146 cm³/mol. The fourth-order valence-corrected chi connectivity index (χ4v) is 5.28. The van der Waals surface area contributed by atoms with Crippen molar-refractivity contribution in [2.75, 3.05) is 11.6 Å². The van der Waals surface area contributed by atoms with Crippen LogP contribution in [0.2, 0.25) is 5.02 Å². The number of hydrogen-bond donors (Lipinski definition) is 1. The van der Waals surface area contributed by atoms with Gasteiger partial charge >= 0.3 is 0 Å². The molecule has 1 aromatic heterocycles. The molecule has 0 spiro atoms. The van der Waals surface area contributed by atoms with Crippen LogP contribution >= 0.6 is 11.6 Å². The second kappa shape index (κ2) is 10.8. The standard InChI is InChI=1S/C29H24ClFN2O4S/c1-17-12-18(2)23(24(13-17)29(35)33-28-11-9-20(30)16-32-28)15-26(34)22-10-8-19(14-25(22)31)21-6-4-5-7-27(21)38(3,36)37/h4-14,16H,15H2,1-3H3,(H,32,33,35). The number of nitrogens with zero attached hydrogens (tertiary/aromatic N) is 1. The minimum absolute atomic E-state index is 0.0691. The zero-order valence-corrected chi connectivity index (χ0v) is 22.5.